The summed E-state index contributed by atoms with van der Waals surface area (Å²) in [6, 6.07) is 7.22. The number of carbonyl (C=O) groups excluding carboxylic acids is 2. The van der Waals surface area contributed by atoms with Gasteiger partial charge >= 0.3 is 0 Å². The molecule has 0 bridgehead atoms. The minimum atomic E-state index is -0.273. The van der Waals surface area contributed by atoms with E-state index in [4.69, 9.17) is 0 Å². The summed E-state index contributed by atoms with van der Waals surface area (Å²) in [5, 5.41) is 7.00. The Morgan fingerprint density at radius 1 is 1.32 bits per heavy atom. The van der Waals surface area contributed by atoms with E-state index in [9.17, 15) is 9.59 Å². The minimum absolute atomic E-state index is 0.102. The highest BCUT2D eigenvalue weighted by Gasteiger charge is 2.11. The molecule has 5 nitrogen and oxygen atoms in total. The summed E-state index contributed by atoms with van der Waals surface area (Å²) in [7, 11) is 1.58. The molecule has 0 aliphatic rings. The smallest absolute Gasteiger partial charge is 0.275 e. The first-order chi connectivity index (χ1) is 9.20. The Hall–Kier alpha value is -2.21. The third-order valence-corrected chi connectivity index (χ3v) is 3.15. The van der Waals surface area contributed by atoms with E-state index in [0.29, 0.717) is 11.4 Å². The maximum Gasteiger partial charge on any atom is 0.275 e. The number of amides is 2. The summed E-state index contributed by atoms with van der Waals surface area (Å²) in [5.74, 6) is -0.374. The molecule has 0 aliphatic heterocycles. The maximum absolute atomic E-state index is 11.9. The van der Waals surface area contributed by atoms with Gasteiger partial charge in [-0.3, -0.25) is 9.59 Å². The number of nitrogens with zero attached hydrogens (tertiary/aromatic N) is 1. The third kappa shape index (κ3) is 3.38. The average molecular weight is 275 g/mol. The number of likely N-dealkylation sites (N-methyl/N-ethyl adjacent to an activating group) is 1. The molecule has 2 aromatic rings. The van der Waals surface area contributed by atoms with Crippen molar-refractivity contribution < 1.29 is 9.59 Å². The minimum Gasteiger partial charge on any atom is -0.359 e. The van der Waals surface area contributed by atoms with Crippen molar-refractivity contribution in [2.45, 2.75) is 6.42 Å². The molecule has 0 spiro atoms. The van der Waals surface area contributed by atoms with Gasteiger partial charge in [0.2, 0.25) is 5.91 Å². The number of rotatable bonds is 4. The van der Waals surface area contributed by atoms with Gasteiger partial charge in [0.05, 0.1) is 11.9 Å². The zero-order valence-electron chi connectivity index (χ0n) is 10.3. The van der Waals surface area contributed by atoms with E-state index in [1.165, 1.54) is 11.3 Å². The highest BCUT2D eigenvalue weighted by Crippen LogP contribution is 2.17. The molecule has 1 heterocycles. The number of thiazole rings is 1. The molecule has 19 heavy (non-hydrogen) atoms. The molecule has 6 heteroatoms. The van der Waals surface area contributed by atoms with Crippen LogP contribution in [0.25, 0.3) is 0 Å². The fraction of sp³-hybridized carbons (Fsp3) is 0.154. The van der Waals surface area contributed by atoms with Gasteiger partial charge in [0.1, 0.15) is 5.69 Å². The summed E-state index contributed by atoms with van der Waals surface area (Å²) >= 11 is 1.36. The maximum atomic E-state index is 11.9. The number of benzene rings is 1. The van der Waals surface area contributed by atoms with Crippen molar-refractivity contribution >= 4 is 28.8 Å². The van der Waals surface area contributed by atoms with Crippen molar-refractivity contribution in [1.29, 1.82) is 0 Å². The Morgan fingerprint density at radius 2 is 2.11 bits per heavy atom. The summed E-state index contributed by atoms with van der Waals surface area (Å²) in [6.07, 6.45) is 0.226. The van der Waals surface area contributed by atoms with E-state index >= 15 is 0 Å². The van der Waals surface area contributed by atoms with E-state index in [0.717, 1.165) is 5.56 Å². The van der Waals surface area contributed by atoms with Gasteiger partial charge in [-0.05, 0) is 11.6 Å². The second kappa shape index (κ2) is 6.10. The number of carbonyl (C=O) groups is 2. The van der Waals surface area contributed by atoms with Gasteiger partial charge in [0.15, 0.2) is 0 Å². The normalized spacial score (nSPS) is 9.95. The molecule has 1 aromatic carbocycles. The second-order valence-electron chi connectivity index (χ2n) is 3.83. The fourth-order valence-corrected chi connectivity index (χ4v) is 2.10. The van der Waals surface area contributed by atoms with Gasteiger partial charge in [-0.1, -0.05) is 18.2 Å². The van der Waals surface area contributed by atoms with Gasteiger partial charge in [-0.15, -0.1) is 11.3 Å². The van der Waals surface area contributed by atoms with E-state index in [-0.39, 0.29) is 18.2 Å². The number of hydrogen-bond donors (Lipinski definition) is 2. The molecular weight excluding hydrogens is 262 g/mol. The van der Waals surface area contributed by atoms with Crippen LogP contribution in [-0.2, 0) is 11.2 Å². The summed E-state index contributed by atoms with van der Waals surface area (Å²) in [4.78, 5) is 27.3. The van der Waals surface area contributed by atoms with Crippen molar-refractivity contribution in [2.24, 2.45) is 0 Å². The van der Waals surface area contributed by atoms with Crippen LogP contribution in [0, 0.1) is 0 Å². The summed E-state index contributed by atoms with van der Waals surface area (Å²) in [5.41, 5.74) is 3.38. The van der Waals surface area contributed by atoms with Crippen molar-refractivity contribution in [1.82, 2.24) is 10.3 Å². The molecule has 0 saturated carbocycles. The Bertz CT molecular complexity index is 581. The van der Waals surface area contributed by atoms with Gasteiger partial charge < -0.3 is 10.6 Å². The first kappa shape index (κ1) is 13.2. The summed E-state index contributed by atoms with van der Waals surface area (Å²) < 4.78 is 0. The van der Waals surface area contributed by atoms with Crippen LogP contribution in [0.4, 0.5) is 5.69 Å². The molecule has 0 aliphatic carbocycles. The van der Waals surface area contributed by atoms with Crippen LogP contribution in [0.2, 0.25) is 0 Å². The van der Waals surface area contributed by atoms with Crippen LogP contribution < -0.4 is 10.6 Å². The molecule has 0 radical (unpaired) electrons. The number of anilines is 1. The molecule has 2 rings (SSSR count). The lowest BCUT2D eigenvalue weighted by molar-refractivity contribution is -0.119. The zero-order chi connectivity index (χ0) is 13.7. The lowest BCUT2D eigenvalue weighted by Crippen LogP contribution is -2.21. The van der Waals surface area contributed by atoms with Gasteiger partial charge in [0, 0.05) is 18.1 Å². The van der Waals surface area contributed by atoms with Crippen LogP contribution in [0.15, 0.2) is 35.2 Å². The molecule has 98 valence electrons. The molecule has 0 fully saturated rings. The molecule has 0 atom stereocenters. The van der Waals surface area contributed by atoms with Gasteiger partial charge in [0.25, 0.3) is 5.91 Å². The highest BCUT2D eigenvalue weighted by molar-refractivity contribution is 7.07. The predicted molar refractivity (Wildman–Crippen MR) is 74.3 cm³/mol. The lowest BCUT2D eigenvalue weighted by atomic mass is 10.1. The third-order valence-electron chi connectivity index (χ3n) is 2.56. The molecular formula is C13H13N3O2S. The van der Waals surface area contributed by atoms with Crippen LogP contribution in [0.5, 0.6) is 0 Å². The van der Waals surface area contributed by atoms with Crippen LogP contribution >= 0.6 is 11.3 Å². The van der Waals surface area contributed by atoms with E-state index in [2.05, 4.69) is 15.6 Å². The van der Waals surface area contributed by atoms with Gasteiger partial charge in [-0.25, -0.2) is 4.98 Å². The largest absolute Gasteiger partial charge is 0.359 e. The van der Waals surface area contributed by atoms with Crippen LogP contribution in [0.3, 0.4) is 0 Å². The predicted octanol–water partition coefficient (Wildman–Crippen LogP) is 1.68. The Kier molecular flexibility index (Phi) is 4.25. The van der Waals surface area contributed by atoms with Crippen molar-refractivity contribution in [3.05, 3.63) is 46.4 Å². The molecule has 0 saturated heterocycles. The average Bonchev–Trinajstić information content (AvgIpc) is 2.95. The standard InChI is InChI=1S/C13H13N3O2S/c1-14-12(17)6-9-4-2-3-5-10(9)16-13(18)11-7-19-8-15-11/h2-5,7-8H,6H2,1H3,(H,14,17)(H,16,18). The quantitative estimate of drug-likeness (QED) is 0.892. The van der Waals surface area contributed by atoms with E-state index < -0.39 is 0 Å². The van der Waals surface area contributed by atoms with Crippen LogP contribution in [-0.4, -0.2) is 23.8 Å². The molecule has 2 N–H and O–H groups in total. The first-order valence-electron chi connectivity index (χ1n) is 5.68. The zero-order valence-corrected chi connectivity index (χ0v) is 11.2. The Morgan fingerprint density at radius 3 is 2.79 bits per heavy atom. The highest BCUT2D eigenvalue weighted by atomic mass is 32.1. The van der Waals surface area contributed by atoms with Gasteiger partial charge in [-0.2, -0.15) is 0 Å². The van der Waals surface area contributed by atoms with E-state index in [1.807, 2.05) is 18.2 Å². The number of para-hydroxylation sites is 1. The SMILES string of the molecule is CNC(=O)Cc1ccccc1NC(=O)c1cscn1. The van der Waals surface area contributed by atoms with Crippen LogP contribution in [0.1, 0.15) is 16.1 Å². The van der Waals surface area contributed by atoms with Crippen molar-refractivity contribution in [3.63, 3.8) is 0 Å². The first-order valence-corrected chi connectivity index (χ1v) is 6.63. The topological polar surface area (TPSA) is 71.1 Å². The molecule has 2 amide bonds. The monoisotopic (exact) mass is 275 g/mol. The fourth-order valence-electron chi connectivity index (χ4n) is 1.57. The number of nitrogens with one attached hydrogen (secondary N) is 2. The molecule has 1 aromatic heterocycles. The Labute approximate surface area is 114 Å². The van der Waals surface area contributed by atoms with E-state index in [1.54, 1.807) is 24.0 Å². The summed E-state index contributed by atoms with van der Waals surface area (Å²) in [6.45, 7) is 0. The molecule has 0 unspecified atom stereocenters. The van der Waals surface area contributed by atoms with Crippen molar-refractivity contribution in [2.75, 3.05) is 12.4 Å². The number of hydrogen-bond acceptors (Lipinski definition) is 4. The number of aromatic nitrogens is 1. The Balaban J connectivity index is 2.16. The van der Waals surface area contributed by atoms with Crippen molar-refractivity contribution in [3.8, 4) is 0 Å². The second-order valence-corrected chi connectivity index (χ2v) is 4.55. The lowest BCUT2D eigenvalue weighted by Gasteiger charge is -2.09.